The van der Waals surface area contributed by atoms with E-state index < -0.39 is 11.7 Å². The van der Waals surface area contributed by atoms with Crippen molar-refractivity contribution in [1.29, 1.82) is 0 Å². The Morgan fingerprint density at radius 1 is 1.07 bits per heavy atom. The van der Waals surface area contributed by atoms with E-state index in [0.29, 0.717) is 25.5 Å². The lowest BCUT2D eigenvalue weighted by Crippen LogP contribution is -2.45. The molecule has 0 unspecified atom stereocenters. The van der Waals surface area contributed by atoms with Crippen LogP contribution in [-0.4, -0.2) is 106 Å². The number of nitrogens with zero attached hydrogens (tertiary/aromatic N) is 3. The number of morpholine rings is 1. The molecule has 0 bridgehead atoms. The molecule has 0 atom stereocenters. The first-order valence-corrected chi connectivity index (χ1v) is 10.2. The van der Waals surface area contributed by atoms with Gasteiger partial charge in [0.2, 0.25) is 5.91 Å². The monoisotopic (exact) mass is 414 g/mol. The number of rotatable bonds is 9. The SMILES string of the molecule is CN(C)C(=O)CN=C(NCCCNC(=O)OC(C)(C)C)NCCN1CCOCC1. The number of ether oxygens (including phenoxy) is 2. The first-order valence-electron chi connectivity index (χ1n) is 10.2. The number of guanidine groups is 1. The molecule has 29 heavy (non-hydrogen) atoms. The van der Waals surface area contributed by atoms with Gasteiger partial charge in [-0.2, -0.15) is 0 Å². The molecule has 10 nitrogen and oxygen atoms in total. The zero-order chi connectivity index (χ0) is 21.7. The van der Waals surface area contributed by atoms with Crippen LogP contribution < -0.4 is 16.0 Å². The highest BCUT2D eigenvalue weighted by Crippen LogP contribution is 2.06. The lowest BCUT2D eigenvalue weighted by Gasteiger charge is -2.26. The van der Waals surface area contributed by atoms with Crippen LogP contribution in [0.15, 0.2) is 4.99 Å². The van der Waals surface area contributed by atoms with Crippen LogP contribution in [0.3, 0.4) is 0 Å². The van der Waals surface area contributed by atoms with E-state index in [9.17, 15) is 9.59 Å². The molecule has 1 rings (SSSR count). The van der Waals surface area contributed by atoms with Gasteiger partial charge in [-0.3, -0.25) is 9.69 Å². The lowest BCUT2D eigenvalue weighted by molar-refractivity contribution is -0.127. The normalized spacial score (nSPS) is 15.6. The lowest BCUT2D eigenvalue weighted by atomic mass is 10.2. The van der Waals surface area contributed by atoms with Crippen molar-refractivity contribution in [3.8, 4) is 0 Å². The maximum Gasteiger partial charge on any atom is 0.407 e. The summed E-state index contributed by atoms with van der Waals surface area (Å²) in [6, 6.07) is 0. The second-order valence-electron chi connectivity index (χ2n) is 8.04. The topological polar surface area (TPSA) is 108 Å². The van der Waals surface area contributed by atoms with Crippen molar-refractivity contribution in [3.63, 3.8) is 0 Å². The molecule has 0 radical (unpaired) electrons. The summed E-state index contributed by atoms with van der Waals surface area (Å²) in [6.07, 6.45) is 0.275. The second kappa shape index (κ2) is 13.2. The van der Waals surface area contributed by atoms with Gasteiger partial charge in [0, 0.05) is 53.4 Å². The summed E-state index contributed by atoms with van der Waals surface area (Å²) in [5, 5.41) is 9.20. The van der Waals surface area contributed by atoms with Gasteiger partial charge in [0.15, 0.2) is 5.96 Å². The predicted octanol–water partition coefficient (Wildman–Crippen LogP) is -0.143. The molecular formula is C19H38N6O4. The number of carbonyl (C=O) groups is 2. The fourth-order valence-electron chi connectivity index (χ4n) is 2.42. The molecule has 0 spiro atoms. The Balaban J connectivity index is 2.35. The van der Waals surface area contributed by atoms with E-state index in [0.717, 1.165) is 39.4 Å². The van der Waals surface area contributed by atoms with Crippen LogP contribution >= 0.6 is 0 Å². The fourth-order valence-corrected chi connectivity index (χ4v) is 2.42. The summed E-state index contributed by atoms with van der Waals surface area (Å²) in [4.78, 5) is 31.7. The number of aliphatic imine (C=N–C) groups is 1. The van der Waals surface area contributed by atoms with E-state index in [2.05, 4.69) is 25.8 Å². The summed E-state index contributed by atoms with van der Waals surface area (Å²) in [5.74, 6) is 0.525. The number of hydrogen-bond acceptors (Lipinski definition) is 6. The standard InChI is InChI=1S/C19H38N6O4/c1-19(2,3)29-18(27)22-8-6-7-20-17(23-15-16(26)24(4)5)21-9-10-25-11-13-28-14-12-25/h6-15H2,1-5H3,(H,22,27)(H2,20,21,23). The van der Waals surface area contributed by atoms with Crippen LogP contribution in [0.5, 0.6) is 0 Å². The van der Waals surface area contributed by atoms with E-state index in [4.69, 9.17) is 9.47 Å². The number of nitrogens with one attached hydrogen (secondary N) is 3. The summed E-state index contributed by atoms with van der Waals surface area (Å²) < 4.78 is 10.6. The molecule has 3 N–H and O–H groups in total. The van der Waals surface area contributed by atoms with Crippen LogP contribution in [0, 0.1) is 0 Å². The van der Waals surface area contributed by atoms with Crippen molar-refractivity contribution in [2.75, 3.05) is 73.1 Å². The Bertz CT molecular complexity index is 527. The summed E-state index contributed by atoms with van der Waals surface area (Å²) in [7, 11) is 3.41. The minimum atomic E-state index is -0.508. The molecule has 1 fully saturated rings. The van der Waals surface area contributed by atoms with Crippen LogP contribution in [0.4, 0.5) is 4.79 Å². The molecule has 168 valence electrons. The number of alkyl carbamates (subject to hydrolysis) is 1. The first-order chi connectivity index (χ1) is 13.7. The van der Waals surface area contributed by atoms with Gasteiger partial charge in [0.1, 0.15) is 12.1 Å². The van der Waals surface area contributed by atoms with Crippen LogP contribution in [0.25, 0.3) is 0 Å². The van der Waals surface area contributed by atoms with Crippen molar-refractivity contribution in [2.45, 2.75) is 32.8 Å². The maximum atomic E-state index is 11.8. The van der Waals surface area contributed by atoms with Crippen molar-refractivity contribution in [2.24, 2.45) is 4.99 Å². The smallest absolute Gasteiger partial charge is 0.407 e. The third kappa shape index (κ3) is 12.9. The molecule has 1 heterocycles. The predicted molar refractivity (Wildman–Crippen MR) is 113 cm³/mol. The second-order valence-corrected chi connectivity index (χ2v) is 8.04. The van der Waals surface area contributed by atoms with Crippen LogP contribution in [0.2, 0.25) is 0 Å². The molecule has 0 aliphatic carbocycles. The number of carbonyl (C=O) groups excluding carboxylic acids is 2. The molecule has 2 amide bonds. The van der Waals surface area contributed by atoms with Gasteiger partial charge in [0.25, 0.3) is 0 Å². The third-order valence-corrected chi connectivity index (χ3v) is 4.01. The Labute approximate surface area is 174 Å². The average molecular weight is 415 g/mol. The highest BCUT2D eigenvalue weighted by molar-refractivity contribution is 5.84. The Morgan fingerprint density at radius 3 is 2.31 bits per heavy atom. The molecule has 0 saturated carbocycles. The molecule has 0 aromatic carbocycles. The zero-order valence-corrected chi connectivity index (χ0v) is 18.5. The molecule has 1 aliphatic heterocycles. The Hall–Kier alpha value is -2.07. The minimum Gasteiger partial charge on any atom is -0.444 e. The van der Waals surface area contributed by atoms with Crippen LogP contribution in [0.1, 0.15) is 27.2 Å². The van der Waals surface area contributed by atoms with Gasteiger partial charge in [-0.05, 0) is 27.2 Å². The first kappa shape index (κ1) is 25.0. The number of likely N-dealkylation sites (N-methyl/N-ethyl adjacent to an activating group) is 1. The zero-order valence-electron chi connectivity index (χ0n) is 18.5. The van der Waals surface area contributed by atoms with Gasteiger partial charge in [-0.25, -0.2) is 9.79 Å². The number of amides is 2. The Kier molecular flexibility index (Phi) is 11.4. The summed E-state index contributed by atoms with van der Waals surface area (Å²) in [5.41, 5.74) is -0.508. The largest absolute Gasteiger partial charge is 0.444 e. The minimum absolute atomic E-state index is 0.0640. The van der Waals surface area contributed by atoms with Crippen molar-refractivity contribution >= 4 is 18.0 Å². The Morgan fingerprint density at radius 2 is 1.69 bits per heavy atom. The van der Waals surface area contributed by atoms with E-state index in [-0.39, 0.29) is 12.5 Å². The van der Waals surface area contributed by atoms with Gasteiger partial charge < -0.3 is 30.3 Å². The van der Waals surface area contributed by atoms with E-state index in [1.54, 1.807) is 14.1 Å². The molecule has 0 aromatic rings. The average Bonchev–Trinajstić information content (AvgIpc) is 2.64. The van der Waals surface area contributed by atoms with Crippen molar-refractivity contribution in [3.05, 3.63) is 0 Å². The van der Waals surface area contributed by atoms with Crippen molar-refractivity contribution in [1.82, 2.24) is 25.8 Å². The van der Waals surface area contributed by atoms with E-state index >= 15 is 0 Å². The fraction of sp³-hybridized carbons (Fsp3) is 0.842. The number of hydrogen-bond donors (Lipinski definition) is 3. The third-order valence-electron chi connectivity index (χ3n) is 4.01. The molecular weight excluding hydrogens is 376 g/mol. The quantitative estimate of drug-likeness (QED) is 0.274. The van der Waals surface area contributed by atoms with E-state index in [1.807, 2.05) is 20.8 Å². The van der Waals surface area contributed by atoms with Gasteiger partial charge in [-0.1, -0.05) is 0 Å². The maximum absolute atomic E-state index is 11.8. The summed E-state index contributed by atoms with van der Waals surface area (Å²) in [6.45, 7) is 11.6. The summed E-state index contributed by atoms with van der Waals surface area (Å²) >= 11 is 0. The molecule has 1 saturated heterocycles. The van der Waals surface area contributed by atoms with Gasteiger partial charge in [-0.15, -0.1) is 0 Å². The molecule has 0 aromatic heterocycles. The van der Waals surface area contributed by atoms with Gasteiger partial charge >= 0.3 is 6.09 Å². The highest BCUT2D eigenvalue weighted by atomic mass is 16.6. The van der Waals surface area contributed by atoms with E-state index in [1.165, 1.54) is 4.90 Å². The van der Waals surface area contributed by atoms with Gasteiger partial charge in [0.05, 0.1) is 13.2 Å². The molecule has 10 heteroatoms. The molecule has 1 aliphatic rings. The highest BCUT2D eigenvalue weighted by Gasteiger charge is 2.15. The van der Waals surface area contributed by atoms with Crippen molar-refractivity contribution < 1.29 is 19.1 Å². The van der Waals surface area contributed by atoms with Crippen LogP contribution in [-0.2, 0) is 14.3 Å².